The molecule has 188 valence electrons. The van der Waals surface area contributed by atoms with Crippen LogP contribution in [0.1, 0.15) is 51.1 Å². The molecule has 2 unspecified atom stereocenters. The highest BCUT2D eigenvalue weighted by Crippen LogP contribution is 2.44. The highest BCUT2D eigenvalue weighted by molar-refractivity contribution is 5.93. The highest BCUT2D eigenvalue weighted by Gasteiger charge is 2.29. The number of aliphatic hydroxyl groups excluding tert-OH is 2. The third-order valence-electron chi connectivity index (χ3n) is 6.63. The second-order valence-electron chi connectivity index (χ2n) is 8.83. The molecule has 8 heteroatoms. The number of esters is 1. The van der Waals surface area contributed by atoms with E-state index in [2.05, 4.69) is 17.4 Å². The Morgan fingerprint density at radius 2 is 1.64 bits per heavy atom. The molecule has 1 amide bonds. The number of alkyl carbamates (subject to hydrolysis) is 1. The van der Waals surface area contributed by atoms with Crippen LogP contribution in [0.25, 0.3) is 11.1 Å². The summed E-state index contributed by atoms with van der Waals surface area (Å²) in [5.41, 5.74) is 11.8. The fourth-order valence-corrected chi connectivity index (χ4v) is 4.60. The predicted octanol–water partition coefficient (Wildman–Crippen LogP) is 3.69. The molecule has 0 aliphatic heterocycles. The van der Waals surface area contributed by atoms with Crippen LogP contribution in [0, 0.1) is 6.92 Å². The average molecular weight is 491 g/mol. The lowest BCUT2D eigenvalue weighted by molar-refractivity contribution is 0.0136. The Bertz CT molecular complexity index is 1230. The summed E-state index contributed by atoms with van der Waals surface area (Å²) in [6, 6.07) is 19.1. The van der Waals surface area contributed by atoms with E-state index in [0.29, 0.717) is 11.3 Å². The number of aliphatic hydroxyl groups is 2. The molecular weight excluding hydrogens is 460 g/mol. The first-order valence-electron chi connectivity index (χ1n) is 11.7. The van der Waals surface area contributed by atoms with E-state index >= 15 is 0 Å². The normalized spacial score (nSPS) is 13.9. The van der Waals surface area contributed by atoms with Crippen molar-refractivity contribution < 1.29 is 29.3 Å². The van der Waals surface area contributed by atoms with Crippen LogP contribution < -0.4 is 11.1 Å². The SMILES string of the molecule is COC(=O)c1cc(C(O)C(O)CCNC(=O)OCC2c3ccccc3-c3ccccc32)cc(N)c1C. The lowest BCUT2D eigenvalue weighted by Gasteiger charge is -2.20. The summed E-state index contributed by atoms with van der Waals surface area (Å²) in [6.45, 7) is 1.94. The number of carbonyl (C=O) groups excluding carboxylic acids is 2. The maximum absolute atomic E-state index is 12.3. The minimum Gasteiger partial charge on any atom is -0.465 e. The first-order chi connectivity index (χ1) is 17.3. The average Bonchev–Trinajstić information content (AvgIpc) is 3.21. The molecule has 1 aliphatic rings. The number of nitrogens with two attached hydrogens (primary N) is 1. The highest BCUT2D eigenvalue weighted by atomic mass is 16.5. The molecule has 36 heavy (non-hydrogen) atoms. The second-order valence-corrected chi connectivity index (χ2v) is 8.83. The number of methoxy groups -OCH3 is 1. The van der Waals surface area contributed by atoms with Crippen molar-refractivity contribution in [2.75, 3.05) is 26.0 Å². The van der Waals surface area contributed by atoms with E-state index in [9.17, 15) is 19.8 Å². The van der Waals surface area contributed by atoms with E-state index in [1.807, 2.05) is 36.4 Å². The molecule has 8 nitrogen and oxygen atoms in total. The van der Waals surface area contributed by atoms with E-state index in [0.717, 1.165) is 22.3 Å². The van der Waals surface area contributed by atoms with Crippen LogP contribution in [-0.4, -0.2) is 48.6 Å². The van der Waals surface area contributed by atoms with E-state index in [1.165, 1.54) is 19.2 Å². The number of fused-ring (bicyclic) bond motifs is 3. The van der Waals surface area contributed by atoms with Gasteiger partial charge in [0, 0.05) is 18.2 Å². The van der Waals surface area contributed by atoms with Crippen LogP contribution in [0.15, 0.2) is 60.7 Å². The summed E-state index contributed by atoms with van der Waals surface area (Å²) < 4.78 is 10.2. The van der Waals surface area contributed by atoms with E-state index in [1.54, 1.807) is 6.92 Å². The predicted molar refractivity (Wildman–Crippen MR) is 136 cm³/mol. The Kier molecular flexibility index (Phi) is 7.57. The molecule has 0 radical (unpaired) electrons. The van der Waals surface area contributed by atoms with Gasteiger partial charge in [-0.2, -0.15) is 0 Å². The molecule has 0 saturated carbocycles. The van der Waals surface area contributed by atoms with Gasteiger partial charge in [0.15, 0.2) is 0 Å². The van der Waals surface area contributed by atoms with Crippen molar-refractivity contribution in [3.05, 3.63) is 88.5 Å². The van der Waals surface area contributed by atoms with Crippen LogP contribution >= 0.6 is 0 Å². The monoisotopic (exact) mass is 490 g/mol. The Labute approximate surface area is 209 Å². The first-order valence-corrected chi connectivity index (χ1v) is 11.7. The van der Waals surface area contributed by atoms with Crippen LogP contribution in [0.5, 0.6) is 0 Å². The number of hydrogen-bond donors (Lipinski definition) is 4. The zero-order valence-corrected chi connectivity index (χ0v) is 20.2. The zero-order chi connectivity index (χ0) is 25.8. The van der Waals surface area contributed by atoms with Crippen molar-refractivity contribution in [2.45, 2.75) is 31.5 Å². The Hall–Kier alpha value is -3.88. The van der Waals surface area contributed by atoms with Crippen LogP contribution in [0.3, 0.4) is 0 Å². The topological polar surface area (TPSA) is 131 Å². The van der Waals surface area contributed by atoms with Gasteiger partial charge in [0.25, 0.3) is 0 Å². The lowest BCUT2D eigenvalue weighted by Crippen LogP contribution is -2.30. The van der Waals surface area contributed by atoms with Crippen molar-refractivity contribution in [2.24, 2.45) is 0 Å². The lowest BCUT2D eigenvalue weighted by atomic mass is 9.96. The molecule has 0 saturated heterocycles. The number of hydrogen-bond acceptors (Lipinski definition) is 7. The summed E-state index contributed by atoms with van der Waals surface area (Å²) >= 11 is 0. The van der Waals surface area contributed by atoms with Crippen LogP contribution in [-0.2, 0) is 9.47 Å². The van der Waals surface area contributed by atoms with Crippen molar-refractivity contribution >= 4 is 17.7 Å². The summed E-state index contributed by atoms with van der Waals surface area (Å²) in [4.78, 5) is 24.3. The third kappa shape index (κ3) is 5.05. The van der Waals surface area contributed by atoms with Gasteiger partial charge in [0.05, 0.1) is 18.8 Å². The van der Waals surface area contributed by atoms with E-state index < -0.39 is 24.3 Å². The molecule has 0 spiro atoms. The summed E-state index contributed by atoms with van der Waals surface area (Å²) in [5, 5.41) is 23.7. The van der Waals surface area contributed by atoms with Crippen molar-refractivity contribution in [1.82, 2.24) is 5.32 Å². The number of amides is 1. The van der Waals surface area contributed by atoms with Gasteiger partial charge >= 0.3 is 12.1 Å². The van der Waals surface area contributed by atoms with Gasteiger partial charge < -0.3 is 30.7 Å². The maximum atomic E-state index is 12.3. The molecule has 4 rings (SSSR count). The first kappa shape index (κ1) is 25.2. The molecule has 0 fully saturated rings. The molecule has 1 aliphatic carbocycles. The van der Waals surface area contributed by atoms with Gasteiger partial charge in [0.1, 0.15) is 12.7 Å². The van der Waals surface area contributed by atoms with Crippen LogP contribution in [0.2, 0.25) is 0 Å². The maximum Gasteiger partial charge on any atom is 0.407 e. The summed E-state index contributed by atoms with van der Waals surface area (Å²) in [5.74, 6) is -0.633. The quantitative estimate of drug-likeness (QED) is 0.280. The molecule has 5 N–H and O–H groups in total. The molecule has 2 atom stereocenters. The molecule has 0 heterocycles. The number of ether oxygens (including phenoxy) is 2. The number of nitrogens with one attached hydrogen (secondary N) is 1. The fourth-order valence-electron chi connectivity index (χ4n) is 4.60. The minimum atomic E-state index is -1.30. The van der Waals surface area contributed by atoms with Gasteiger partial charge in [-0.3, -0.25) is 0 Å². The van der Waals surface area contributed by atoms with Gasteiger partial charge in [-0.15, -0.1) is 0 Å². The van der Waals surface area contributed by atoms with Crippen molar-refractivity contribution in [3.63, 3.8) is 0 Å². The number of anilines is 1. The van der Waals surface area contributed by atoms with Gasteiger partial charge in [-0.25, -0.2) is 9.59 Å². The molecule has 0 bridgehead atoms. The zero-order valence-electron chi connectivity index (χ0n) is 20.2. The Balaban J connectivity index is 1.31. The van der Waals surface area contributed by atoms with Crippen molar-refractivity contribution in [1.29, 1.82) is 0 Å². The molecular formula is C28H30N2O6. The van der Waals surface area contributed by atoms with Gasteiger partial charge in [0.2, 0.25) is 0 Å². The molecule has 3 aromatic rings. The number of nitrogen functional groups attached to an aromatic ring is 1. The van der Waals surface area contributed by atoms with Crippen molar-refractivity contribution in [3.8, 4) is 11.1 Å². The smallest absolute Gasteiger partial charge is 0.407 e. The van der Waals surface area contributed by atoms with Gasteiger partial charge in [-0.05, 0) is 58.9 Å². The Morgan fingerprint density at radius 3 is 2.25 bits per heavy atom. The fraction of sp³-hybridized carbons (Fsp3) is 0.286. The second kappa shape index (κ2) is 10.8. The number of benzene rings is 3. The Morgan fingerprint density at radius 1 is 1.03 bits per heavy atom. The summed E-state index contributed by atoms with van der Waals surface area (Å²) in [7, 11) is 1.25. The number of carbonyl (C=O) groups is 2. The minimum absolute atomic E-state index is 0.0495. The van der Waals surface area contributed by atoms with Gasteiger partial charge in [-0.1, -0.05) is 48.5 Å². The van der Waals surface area contributed by atoms with Crippen LogP contribution in [0.4, 0.5) is 10.5 Å². The van der Waals surface area contributed by atoms with E-state index in [4.69, 9.17) is 15.2 Å². The molecule has 3 aromatic carbocycles. The largest absolute Gasteiger partial charge is 0.465 e. The summed E-state index contributed by atoms with van der Waals surface area (Å²) in [6.07, 6.45) is -3.05. The third-order valence-corrected chi connectivity index (χ3v) is 6.63. The van der Waals surface area contributed by atoms with E-state index in [-0.39, 0.29) is 36.6 Å². The number of rotatable bonds is 8. The molecule has 0 aromatic heterocycles. The standard InChI is InChI=1S/C28H30N2O6/c1-16-22(27(33)35-2)13-17(14-24(16)29)26(32)25(31)11-12-30-28(34)36-15-23-20-9-5-3-7-18(20)19-8-4-6-10-21(19)23/h3-10,13-14,23,25-26,31-32H,11-12,15,29H2,1-2H3,(H,30,34).